The largest absolute Gasteiger partial charge is 0.378 e. The van der Waals surface area contributed by atoms with Gasteiger partial charge in [-0.2, -0.15) is 10.1 Å². The van der Waals surface area contributed by atoms with Gasteiger partial charge in [-0.25, -0.2) is 9.50 Å². The second-order valence-electron chi connectivity index (χ2n) is 11.3. The Kier molecular flexibility index (Phi) is 6.56. The highest BCUT2D eigenvalue weighted by Crippen LogP contribution is 2.29. The molecule has 0 unspecified atom stereocenters. The Hall–Kier alpha value is -3.83. The fraction of sp³-hybridized carbons (Fsp3) is 0.464. The minimum Gasteiger partial charge on any atom is -0.378 e. The van der Waals surface area contributed by atoms with Crippen LogP contribution in [0.5, 0.6) is 0 Å². The Bertz CT molecular complexity index is 1490. The van der Waals surface area contributed by atoms with Crippen LogP contribution in [0.15, 0.2) is 41.3 Å². The molecular formula is C28H34N8O3. The number of hydrogen-bond donors (Lipinski definition) is 1. The normalized spacial score (nSPS) is 17.0. The van der Waals surface area contributed by atoms with Gasteiger partial charge in [-0.1, -0.05) is 38.1 Å². The number of carbonyl (C=O) groups excluding carboxylic acids is 1. The second-order valence-corrected chi connectivity index (χ2v) is 11.3. The zero-order chi connectivity index (χ0) is 27.1. The molecule has 6 rings (SSSR count). The van der Waals surface area contributed by atoms with Gasteiger partial charge in [0.2, 0.25) is 5.89 Å². The predicted molar refractivity (Wildman–Crippen MR) is 146 cm³/mol. The first kappa shape index (κ1) is 25.4. The third-order valence-corrected chi connectivity index (χ3v) is 7.53. The molecule has 0 spiro atoms. The Morgan fingerprint density at radius 1 is 1.13 bits per heavy atom. The number of hydrogen-bond acceptors (Lipinski definition) is 9. The van der Waals surface area contributed by atoms with Gasteiger partial charge >= 0.3 is 0 Å². The lowest BCUT2D eigenvalue weighted by Gasteiger charge is -2.42. The average molecular weight is 531 g/mol. The Morgan fingerprint density at radius 2 is 1.92 bits per heavy atom. The van der Waals surface area contributed by atoms with Crippen LogP contribution >= 0.6 is 0 Å². The summed E-state index contributed by atoms with van der Waals surface area (Å²) in [4.78, 5) is 26.4. The standard InChI is InChI=1S/C28H34N8O3/c1-18-11-19(5-6-20(18)13-29-26(37)25-32-27(39-33-25)28(2,3)4)24-23-12-21(14-36(23)31-17-30-24)34-7-9-35(10-8-34)22-15-38-16-22/h5-6,11-12,14,17,22H,7-10,13,15-16H2,1-4H3,(H,29,37). The number of anilines is 1. The summed E-state index contributed by atoms with van der Waals surface area (Å²) in [5, 5.41) is 11.2. The number of amides is 1. The van der Waals surface area contributed by atoms with Crippen molar-refractivity contribution in [3.63, 3.8) is 0 Å². The first-order valence-electron chi connectivity index (χ1n) is 13.4. The quantitative estimate of drug-likeness (QED) is 0.402. The monoisotopic (exact) mass is 530 g/mol. The van der Waals surface area contributed by atoms with Crippen LogP contribution in [0, 0.1) is 6.92 Å². The summed E-state index contributed by atoms with van der Waals surface area (Å²) < 4.78 is 12.5. The molecule has 2 saturated heterocycles. The van der Waals surface area contributed by atoms with Gasteiger partial charge in [0.15, 0.2) is 0 Å². The number of rotatable bonds is 6. The van der Waals surface area contributed by atoms with E-state index in [1.807, 2.05) is 44.3 Å². The van der Waals surface area contributed by atoms with Gasteiger partial charge < -0.3 is 19.5 Å². The number of nitrogens with one attached hydrogen (secondary N) is 1. The van der Waals surface area contributed by atoms with Crippen molar-refractivity contribution in [2.24, 2.45) is 0 Å². The molecule has 4 aromatic rings. The smallest absolute Gasteiger partial charge is 0.292 e. The summed E-state index contributed by atoms with van der Waals surface area (Å²) in [6.07, 6.45) is 3.68. The molecule has 39 heavy (non-hydrogen) atoms. The molecule has 0 atom stereocenters. The predicted octanol–water partition coefficient (Wildman–Crippen LogP) is 2.84. The van der Waals surface area contributed by atoms with Gasteiger partial charge in [0.1, 0.15) is 6.33 Å². The molecule has 1 aromatic carbocycles. The molecule has 11 nitrogen and oxygen atoms in total. The van der Waals surface area contributed by atoms with Crippen molar-refractivity contribution in [3.8, 4) is 11.3 Å². The summed E-state index contributed by atoms with van der Waals surface area (Å²) >= 11 is 0. The highest BCUT2D eigenvalue weighted by molar-refractivity contribution is 5.90. The van der Waals surface area contributed by atoms with Gasteiger partial charge in [-0.15, -0.1) is 0 Å². The Labute approximate surface area is 227 Å². The molecule has 5 heterocycles. The summed E-state index contributed by atoms with van der Waals surface area (Å²) in [6, 6.07) is 8.92. The lowest BCUT2D eigenvalue weighted by Crippen LogP contribution is -2.56. The highest BCUT2D eigenvalue weighted by atomic mass is 16.5. The van der Waals surface area contributed by atoms with E-state index in [9.17, 15) is 4.79 Å². The van der Waals surface area contributed by atoms with Crippen molar-refractivity contribution >= 4 is 17.1 Å². The molecule has 2 aliphatic rings. The van der Waals surface area contributed by atoms with Gasteiger partial charge in [-0.3, -0.25) is 9.69 Å². The van der Waals surface area contributed by atoms with E-state index in [2.05, 4.69) is 53.7 Å². The number of ether oxygens (including phenoxy) is 1. The van der Waals surface area contributed by atoms with Gasteiger partial charge in [0, 0.05) is 43.7 Å². The maximum Gasteiger partial charge on any atom is 0.292 e. The number of aromatic nitrogens is 5. The van der Waals surface area contributed by atoms with Crippen LogP contribution in [-0.2, 0) is 16.7 Å². The van der Waals surface area contributed by atoms with Crippen LogP contribution in [0.1, 0.15) is 48.4 Å². The van der Waals surface area contributed by atoms with Crippen molar-refractivity contribution in [3.05, 3.63) is 59.6 Å². The number of benzene rings is 1. The number of nitrogens with zero attached hydrogens (tertiary/aromatic N) is 7. The molecular weight excluding hydrogens is 496 g/mol. The highest BCUT2D eigenvalue weighted by Gasteiger charge is 2.29. The second kappa shape index (κ2) is 10.0. The molecule has 0 bridgehead atoms. The zero-order valence-corrected chi connectivity index (χ0v) is 22.8. The topological polar surface area (TPSA) is 114 Å². The molecule has 0 saturated carbocycles. The molecule has 0 aliphatic carbocycles. The minimum absolute atomic E-state index is 0.0417. The van der Waals surface area contributed by atoms with Crippen LogP contribution in [-0.4, -0.2) is 81.0 Å². The van der Waals surface area contributed by atoms with Gasteiger partial charge in [0.05, 0.1) is 42.4 Å². The van der Waals surface area contributed by atoms with E-state index in [0.717, 1.165) is 73.0 Å². The third-order valence-electron chi connectivity index (χ3n) is 7.53. The van der Waals surface area contributed by atoms with Crippen LogP contribution < -0.4 is 10.2 Å². The van der Waals surface area contributed by atoms with Crippen LogP contribution in [0.3, 0.4) is 0 Å². The number of fused-ring (bicyclic) bond motifs is 1. The fourth-order valence-electron chi connectivity index (χ4n) is 5.01. The van der Waals surface area contributed by atoms with Crippen molar-refractivity contribution in [2.75, 3.05) is 44.3 Å². The average Bonchev–Trinajstić information content (AvgIpc) is 3.55. The maximum atomic E-state index is 12.6. The molecule has 2 fully saturated rings. The van der Waals surface area contributed by atoms with E-state index in [0.29, 0.717) is 18.5 Å². The van der Waals surface area contributed by atoms with Crippen molar-refractivity contribution in [1.29, 1.82) is 0 Å². The van der Waals surface area contributed by atoms with Crippen molar-refractivity contribution in [2.45, 2.75) is 45.7 Å². The summed E-state index contributed by atoms with van der Waals surface area (Å²) in [5.74, 6) is 0.113. The molecule has 3 aromatic heterocycles. The third kappa shape index (κ3) is 5.11. The van der Waals surface area contributed by atoms with Gasteiger partial charge in [0.25, 0.3) is 11.7 Å². The van der Waals surface area contributed by atoms with E-state index in [4.69, 9.17) is 9.26 Å². The number of carbonyl (C=O) groups is 1. The van der Waals surface area contributed by atoms with E-state index in [1.54, 1.807) is 6.33 Å². The fourth-order valence-corrected chi connectivity index (χ4v) is 5.01. The lowest BCUT2D eigenvalue weighted by molar-refractivity contribution is -0.0660. The first-order valence-corrected chi connectivity index (χ1v) is 13.4. The van der Waals surface area contributed by atoms with Crippen LogP contribution in [0.4, 0.5) is 5.69 Å². The SMILES string of the molecule is Cc1cc(-c2ncnn3cc(N4CCN(C5COC5)CC4)cc23)ccc1CNC(=O)c1noc(C(C)(C)C)n1. The van der Waals surface area contributed by atoms with Crippen LogP contribution in [0.25, 0.3) is 16.8 Å². The molecule has 2 aliphatic heterocycles. The Morgan fingerprint density at radius 3 is 2.59 bits per heavy atom. The minimum atomic E-state index is -0.363. The summed E-state index contributed by atoms with van der Waals surface area (Å²) in [5.41, 5.74) is 5.75. The summed E-state index contributed by atoms with van der Waals surface area (Å²) in [6.45, 7) is 14.0. The maximum absolute atomic E-state index is 12.6. The first-order chi connectivity index (χ1) is 18.8. The molecule has 204 valence electrons. The van der Waals surface area contributed by atoms with E-state index < -0.39 is 0 Å². The number of piperazine rings is 1. The molecule has 0 radical (unpaired) electrons. The summed E-state index contributed by atoms with van der Waals surface area (Å²) in [7, 11) is 0. The number of aryl methyl sites for hydroxylation is 1. The molecule has 1 amide bonds. The lowest BCUT2D eigenvalue weighted by atomic mass is 9.97. The molecule has 1 N–H and O–H groups in total. The van der Waals surface area contributed by atoms with E-state index in [1.165, 1.54) is 0 Å². The van der Waals surface area contributed by atoms with Crippen molar-refractivity contribution in [1.82, 2.24) is 35.0 Å². The van der Waals surface area contributed by atoms with E-state index >= 15 is 0 Å². The Balaban J connectivity index is 1.15. The van der Waals surface area contributed by atoms with E-state index in [-0.39, 0.29) is 17.1 Å². The zero-order valence-electron chi connectivity index (χ0n) is 22.8. The molecule has 11 heteroatoms. The van der Waals surface area contributed by atoms with Crippen molar-refractivity contribution < 1.29 is 14.1 Å². The van der Waals surface area contributed by atoms with Gasteiger partial charge in [-0.05, 0) is 30.2 Å². The van der Waals surface area contributed by atoms with Crippen LogP contribution in [0.2, 0.25) is 0 Å².